The van der Waals surface area contributed by atoms with Crippen molar-refractivity contribution in [3.63, 3.8) is 0 Å². The first-order chi connectivity index (χ1) is 11.3. The first kappa shape index (κ1) is 17.8. The predicted octanol–water partition coefficient (Wildman–Crippen LogP) is 4.38. The number of thioether (sulfide) groups is 1. The fourth-order valence-corrected chi connectivity index (χ4v) is 5.43. The topological polar surface area (TPSA) is 46.2 Å². The van der Waals surface area contributed by atoms with Gasteiger partial charge in [0.25, 0.3) is 0 Å². The molecule has 0 saturated carbocycles. The first-order valence-corrected chi connectivity index (χ1v) is 10.6. The van der Waals surface area contributed by atoms with Gasteiger partial charge in [0.15, 0.2) is 0 Å². The van der Waals surface area contributed by atoms with Crippen LogP contribution in [0.15, 0.2) is 45.8 Å². The molecular weight excluding hydrogens is 420 g/mol. The normalized spacial score (nSPS) is 17.5. The molecule has 0 aromatic heterocycles. The van der Waals surface area contributed by atoms with Gasteiger partial charge < -0.3 is 0 Å². The van der Waals surface area contributed by atoms with Gasteiger partial charge in [-0.25, -0.2) is 21.9 Å². The van der Waals surface area contributed by atoms with E-state index in [9.17, 15) is 17.2 Å². The lowest BCUT2D eigenvalue weighted by Crippen LogP contribution is -2.32. The summed E-state index contributed by atoms with van der Waals surface area (Å²) in [6.45, 7) is 0. The quantitative estimate of drug-likeness (QED) is 0.777. The molecule has 0 saturated heterocycles. The largest absolute Gasteiger partial charge is 0.216 e. The van der Waals surface area contributed by atoms with Crippen LogP contribution in [0.5, 0.6) is 0 Å². The zero-order chi connectivity index (χ0) is 17.3. The van der Waals surface area contributed by atoms with Crippen LogP contribution in [-0.2, 0) is 15.8 Å². The number of nitrogens with one attached hydrogen (secondary N) is 1. The second-order valence-electron chi connectivity index (χ2n) is 5.48. The molecule has 24 heavy (non-hydrogen) atoms. The smallest absolute Gasteiger partial charge is 0.212 e. The maximum absolute atomic E-state index is 13.9. The van der Waals surface area contributed by atoms with Crippen LogP contribution < -0.4 is 4.72 Å². The van der Waals surface area contributed by atoms with Crippen molar-refractivity contribution in [2.45, 2.75) is 23.1 Å². The number of hydrogen-bond acceptors (Lipinski definition) is 3. The number of halogens is 3. The van der Waals surface area contributed by atoms with Gasteiger partial charge in [-0.15, -0.1) is 11.8 Å². The van der Waals surface area contributed by atoms with E-state index in [2.05, 4.69) is 20.7 Å². The van der Waals surface area contributed by atoms with E-state index in [1.807, 2.05) is 0 Å². The van der Waals surface area contributed by atoms with E-state index in [1.165, 1.54) is 24.3 Å². The van der Waals surface area contributed by atoms with Gasteiger partial charge in [-0.05, 0) is 48.1 Å². The molecule has 1 N–H and O–H groups in total. The van der Waals surface area contributed by atoms with E-state index in [4.69, 9.17) is 0 Å². The van der Waals surface area contributed by atoms with Crippen LogP contribution in [0.2, 0.25) is 0 Å². The molecule has 2 aromatic rings. The van der Waals surface area contributed by atoms with Gasteiger partial charge in [-0.2, -0.15) is 0 Å². The van der Waals surface area contributed by atoms with E-state index in [0.717, 1.165) is 10.6 Å². The number of sulfonamides is 1. The summed E-state index contributed by atoms with van der Waals surface area (Å²) in [5.41, 5.74) is 0.724. The Morgan fingerprint density at radius 1 is 1.21 bits per heavy atom. The minimum Gasteiger partial charge on any atom is -0.212 e. The average Bonchev–Trinajstić information content (AvgIpc) is 2.50. The fraction of sp³-hybridized carbons (Fsp3) is 0.250. The van der Waals surface area contributed by atoms with Crippen molar-refractivity contribution < 1.29 is 17.2 Å². The Hall–Kier alpha value is -0.960. The van der Waals surface area contributed by atoms with Gasteiger partial charge in [-0.1, -0.05) is 22.0 Å². The molecule has 0 bridgehead atoms. The lowest BCUT2D eigenvalue weighted by molar-refractivity contribution is 0.538. The summed E-state index contributed by atoms with van der Waals surface area (Å²) in [5.74, 6) is -0.710. The van der Waals surface area contributed by atoms with E-state index in [0.29, 0.717) is 16.5 Å². The van der Waals surface area contributed by atoms with Crippen LogP contribution >= 0.6 is 27.7 Å². The summed E-state index contributed by atoms with van der Waals surface area (Å²) < 4.78 is 55.3. The van der Waals surface area contributed by atoms with Crippen LogP contribution in [0.25, 0.3) is 0 Å². The molecule has 128 valence electrons. The summed E-state index contributed by atoms with van der Waals surface area (Å²) in [6, 6.07) is 8.13. The van der Waals surface area contributed by atoms with Gasteiger partial charge >= 0.3 is 0 Å². The molecule has 0 spiro atoms. The van der Waals surface area contributed by atoms with Crippen molar-refractivity contribution in [2.75, 3.05) is 5.75 Å². The van der Waals surface area contributed by atoms with E-state index in [-0.39, 0.29) is 5.56 Å². The minimum atomic E-state index is -3.76. The maximum atomic E-state index is 13.9. The first-order valence-electron chi connectivity index (χ1n) is 7.20. The second kappa shape index (κ2) is 7.11. The van der Waals surface area contributed by atoms with Crippen LogP contribution in [0.1, 0.15) is 23.6 Å². The van der Waals surface area contributed by atoms with Gasteiger partial charge in [-0.3, -0.25) is 0 Å². The van der Waals surface area contributed by atoms with Crippen molar-refractivity contribution in [3.05, 3.63) is 63.6 Å². The third-order valence-corrected chi connectivity index (χ3v) is 6.64. The Bertz CT molecular complexity index is 874. The lowest BCUT2D eigenvalue weighted by atomic mass is 10.0. The lowest BCUT2D eigenvalue weighted by Gasteiger charge is -2.25. The number of benzene rings is 2. The molecule has 0 radical (unpaired) electrons. The number of hydrogen-bond donors (Lipinski definition) is 1. The van der Waals surface area contributed by atoms with Crippen molar-refractivity contribution in [3.8, 4) is 0 Å². The van der Waals surface area contributed by atoms with Crippen LogP contribution in [0.3, 0.4) is 0 Å². The zero-order valence-electron chi connectivity index (χ0n) is 12.4. The van der Waals surface area contributed by atoms with Crippen LogP contribution in [0.4, 0.5) is 8.78 Å². The Labute approximate surface area is 152 Å². The van der Waals surface area contributed by atoms with Gasteiger partial charge in [0.05, 0.1) is 5.75 Å². The van der Waals surface area contributed by atoms with Crippen LogP contribution in [-0.4, -0.2) is 14.2 Å². The highest BCUT2D eigenvalue weighted by atomic mass is 79.9. The van der Waals surface area contributed by atoms with E-state index in [1.54, 1.807) is 23.9 Å². The fourth-order valence-electron chi connectivity index (χ4n) is 2.59. The highest BCUT2D eigenvalue weighted by Gasteiger charge is 2.26. The van der Waals surface area contributed by atoms with Crippen molar-refractivity contribution >= 4 is 37.7 Å². The molecule has 0 amide bonds. The van der Waals surface area contributed by atoms with E-state index < -0.39 is 33.5 Å². The third kappa shape index (κ3) is 4.17. The second-order valence-corrected chi connectivity index (χ2v) is 9.29. The number of fused-ring (bicyclic) bond motifs is 1. The summed E-state index contributed by atoms with van der Waals surface area (Å²) in [4.78, 5) is 0.866. The number of rotatable bonds is 4. The molecule has 3 nitrogen and oxygen atoms in total. The maximum Gasteiger partial charge on any atom is 0.216 e. The van der Waals surface area contributed by atoms with Crippen molar-refractivity contribution in [1.82, 2.24) is 4.72 Å². The molecule has 1 aliphatic rings. The van der Waals surface area contributed by atoms with Gasteiger partial charge in [0, 0.05) is 21.0 Å². The molecule has 3 rings (SSSR count). The Morgan fingerprint density at radius 2 is 2.00 bits per heavy atom. The molecular formula is C16H14BrF2NO2S2. The minimum absolute atomic E-state index is 0.0929. The molecule has 1 atom stereocenters. The summed E-state index contributed by atoms with van der Waals surface area (Å²) in [6.07, 6.45) is 0.559. The van der Waals surface area contributed by atoms with Crippen molar-refractivity contribution in [2.24, 2.45) is 0 Å². The summed E-state index contributed by atoms with van der Waals surface area (Å²) in [5, 5.41) is 0. The zero-order valence-corrected chi connectivity index (χ0v) is 15.6. The Kier molecular flexibility index (Phi) is 5.29. The average molecular weight is 434 g/mol. The third-order valence-electron chi connectivity index (χ3n) is 3.69. The monoisotopic (exact) mass is 433 g/mol. The highest BCUT2D eigenvalue weighted by Crippen LogP contribution is 2.37. The molecule has 1 unspecified atom stereocenters. The Morgan fingerprint density at radius 3 is 2.75 bits per heavy atom. The summed E-state index contributed by atoms with van der Waals surface area (Å²) in [7, 11) is -3.76. The Balaban J connectivity index is 1.82. The molecule has 0 aliphatic carbocycles. The predicted molar refractivity (Wildman–Crippen MR) is 94.3 cm³/mol. The van der Waals surface area contributed by atoms with Crippen molar-refractivity contribution in [1.29, 1.82) is 0 Å². The molecule has 2 aromatic carbocycles. The molecule has 8 heteroatoms. The SMILES string of the molecule is O=S(=O)(Cc1ccc(Br)cc1F)NC1CCSc2ccc(F)cc21. The van der Waals surface area contributed by atoms with Gasteiger partial charge in [0.2, 0.25) is 10.0 Å². The standard InChI is InChI=1S/C16H14BrF2NO2S2/c17-11-2-1-10(14(19)7-11)9-24(21,22)20-15-5-6-23-16-4-3-12(18)8-13(15)16/h1-4,7-8,15,20H,5-6,9H2. The summed E-state index contributed by atoms with van der Waals surface area (Å²) >= 11 is 4.71. The molecule has 0 fully saturated rings. The molecule has 1 heterocycles. The van der Waals surface area contributed by atoms with E-state index >= 15 is 0 Å². The van der Waals surface area contributed by atoms with Gasteiger partial charge in [0.1, 0.15) is 11.6 Å². The highest BCUT2D eigenvalue weighted by molar-refractivity contribution is 9.10. The molecule has 1 aliphatic heterocycles. The van der Waals surface area contributed by atoms with Crippen LogP contribution in [0, 0.1) is 11.6 Å².